The molecule has 0 fully saturated rings. The topological polar surface area (TPSA) is 58.4 Å². The predicted molar refractivity (Wildman–Crippen MR) is 85.6 cm³/mol. The van der Waals surface area contributed by atoms with Crippen LogP contribution in [0.15, 0.2) is 24.3 Å². The van der Waals surface area contributed by atoms with Crippen LogP contribution >= 0.6 is 0 Å². The number of carbonyl (C=O) groups excluding carboxylic acids is 1. The molecule has 0 aromatic heterocycles. The van der Waals surface area contributed by atoms with E-state index in [4.69, 9.17) is 5.73 Å². The van der Waals surface area contributed by atoms with Gasteiger partial charge in [-0.3, -0.25) is 4.79 Å². The SMILES string of the molecule is CC(C)CC(C)N(C)CCC(=O)Nc1cccc(N)c1. The molecule has 4 heteroatoms. The van der Waals surface area contributed by atoms with Crippen LogP contribution < -0.4 is 11.1 Å². The van der Waals surface area contributed by atoms with Gasteiger partial charge in [0.05, 0.1) is 0 Å². The zero-order valence-corrected chi connectivity index (χ0v) is 13.0. The second-order valence-corrected chi connectivity index (χ2v) is 5.88. The maximum absolute atomic E-state index is 11.9. The summed E-state index contributed by atoms with van der Waals surface area (Å²) < 4.78 is 0. The van der Waals surface area contributed by atoms with E-state index in [2.05, 4.69) is 38.0 Å². The summed E-state index contributed by atoms with van der Waals surface area (Å²) >= 11 is 0. The van der Waals surface area contributed by atoms with Crippen LogP contribution in [0.5, 0.6) is 0 Å². The molecular weight excluding hydrogens is 250 g/mol. The van der Waals surface area contributed by atoms with Crippen LogP contribution in [-0.4, -0.2) is 30.4 Å². The number of rotatable bonds is 7. The summed E-state index contributed by atoms with van der Waals surface area (Å²) in [6.07, 6.45) is 1.64. The Bertz CT molecular complexity index is 431. The first-order valence-electron chi connectivity index (χ1n) is 7.24. The van der Waals surface area contributed by atoms with Gasteiger partial charge in [-0.25, -0.2) is 0 Å². The minimum atomic E-state index is 0.0270. The Morgan fingerprint density at radius 3 is 2.65 bits per heavy atom. The van der Waals surface area contributed by atoms with Gasteiger partial charge in [0.15, 0.2) is 0 Å². The second kappa shape index (κ2) is 7.90. The fraction of sp³-hybridized carbons (Fsp3) is 0.562. The highest BCUT2D eigenvalue weighted by Gasteiger charge is 2.12. The first kappa shape index (κ1) is 16.5. The van der Waals surface area contributed by atoms with Gasteiger partial charge in [0.2, 0.25) is 5.91 Å². The predicted octanol–water partition coefficient (Wildman–Crippen LogP) is 2.96. The number of carbonyl (C=O) groups is 1. The number of nitrogens with zero attached hydrogens (tertiary/aromatic N) is 1. The van der Waals surface area contributed by atoms with Crippen molar-refractivity contribution >= 4 is 17.3 Å². The molecule has 0 aliphatic heterocycles. The normalized spacial score (nSPS) is 12.7. The molecule has 1 aromatic carbocycles. The lowest BCUT2D eigenvalue weighted by molar-refractivity contribution is -0.116. The largest absolute Gasteiger partial charge is 0.399 e. The molecule has 1 amide bonds. The number of nitrogens with two attached hydrogens (primary N) is 1. The monoisotopic (exact) mass is 277 g/mol. The van der Waals surface area contributed by atoms with Crippen LogP contribution in [0, 0.1) is 5.92 Å². The number of nitrogen functional groups attached to an aromatic ring is 1. The highest BCUT2D eigenvalue weighted by atomic mass is 16.1. The van der Waals surface area contributed by atoms with Crippen molar-refractivity contribution in [2.24, 2.45) is 5.92 Å². The van der Waals surface area contributed by atoms with Gasteiger partial charge in [0.1, 0.15) is 0 Å². The van der Waals surface area contributed by atoms with Gasteiger partial charge in [-0.15, -0.1) is 0 Å². The van der Waals surface area contributed by atoms with E-state index in [1.165, 1.54) is 0 Å². The van der Waals surface area contributed by atoms with E-state index >= 15 is 0 Å². The van der Waals surface area contributed by atoms with E-state index < -0.39 is 0 Å². The molecule has 0 radical (unpaired) electrons. The van der Waals surface area contributed by atoms with Crippen molar-refractivity contribution in [2.75, 3.05) is 24.6 Å². The van der Waals surface area contributed by atoms with Gasteiger partial charge in [-0.2, -0.15) is 0 Å². The van der Waals surface area contributed by atoms with Crippen LogP contribution in [-0.2, 0) is 4.79 Å². The molecule has 0 aliphatic rings. The van der Waals surface area contributed by atoms with Crippen molar-refractivity contribution in [2.45, 2.75) is 39.7 Å². The summed E-state index contributed by atoms with van der Waals surface area (Å²) in [5, 5.41) is 2.87. The summed E-state index contributed by atoms with van der Waals surface area (Å²) in [6, 6.07) is 7.75. The third-order valence-corrected chi connectivity index (χ3v) is 3.43. The lowest BCUT2D eigenvalue weighted by atomic mass is 10.0. The zero-order chi connectivity index (χ0) is 15.1. The molecule has 20 heavy (non-hydrogen) atoms. The van der Waals surface area contributed by atoms with E-state index in [0.717, 1.165) is 18.7 Å². The Hall–Kier alpha value is -1.55. The second-order valence-electron chi connectivity index (χ2n) is 5.88. The first-order valence-corrected chi connectivity index (χ1v) is 7.24. The van der Waals surface area contributed by atoms with E-state index in [9.17, 15) is 4.79 Å². The summed E-state index contributed by atoms with van der Waals surface area (Å²) in [4.78, 5) is 14.1. The molecule has 0 saturated carbocycles. The third-order valence-electron chi connectivity index (χ3n) is 3.43. The van der Waals surface area contributed by atoms with Gasteiger partial charge in [-0.05, 0) is 44.5 Å². The molecular formula is C16H27N3O. The Morgan fingerprint density at radius 1 is 1.35 bits per heavy atom. The molecule has 0 heterocycles. The van der Waals surface area contributed by atoms with Crippen molar-refractivity contribution in [1.82, 2.24) is 4.90 Å². The van der Waals surface area contributed by atoms with E-state index in [1.54, 1.807) is 12.1 Å². The van der Waals surface area contributed by atoms with Crippen LogP contribution in [0.3, 0.4) is 0 Å². The van der Waals surface area contributed by atoms with Crippen molar-refractivity contribution in [3.05, 3.63) is 24.3 Å². The van der Waals surface area contributed by atoms with Crippen LogP contribution in [0.1, 0.15) is 33.6 Å². The molecule has 1 atom stereocenters. The third kappa shape index (κ3) is 6.06. The van der Waals surface area contributed by atoms with Gasteiger partial charge >= 0.3 is 0 Å². The summed E-state index contributed by atoms with van der Waals surface area (Å²) in [7, 11) is 2.07. The molecule has 0 bridgehead atoms. The quantitative estimate of drug-likeness (QED) is 0.753. The maximum Gasteiger partial charge on any atom is 0.225 e. The van der Waals surface area contributed by atoms with Crippen molar-refractivity contribution in [1.29, 1.82) is 0 Å². The highest BCUT2D eigenvalue weighted by molar-refractivity contribution is 5.91. The molecule has 4 nitrogen and oxygen atoms in total. The van der Waals surface area contributed by atoms with Crippen LogP contribution in [0.25, 0.3) is 0 Å². The van der Waals surface area contributed by atoms with Crippen LogP contribution in [0.2, 0.25) is 0 Å². The Kier molecular flexibility index (Phi) is 6.52. The fourth-order valence-corrected chi connectivity index (χ4v) is 2.20. The molecule has 1 rings (SSSR count). The van der Waals surface area contributed by atoms with Gasteiger partial charge < -0.3 is 16.0 Å². The molecule has 0 aliphatic carbocycles. The summed E-state index contributed by atoms with van der Waals surface area (Å²) in [5.41, 5.74) is 7.10. The Morgan fingerprint density at radius 2 is 2.05 bits per heavy atom. The Balaban J connectivity index is 2.36. The number of amides is 1. The summed E-state index contributed by atoms with van der Waals surface area (Å²) in [5.74, 6) is 0.702. The van der Waals surface area contributed by atoms with Gasteiger partial charge in [0.25, 0.3) is 0 Å². The van der Waals surface area contributed by atoms with Gasteiger partial charge in [0, 0.05) is 30.4 Å². The maximum atomic E-state index is 11.9. The standard InChI is InChI=1S/C16H27N3O/c1-12(2)10-13(3)19(4)9-8-16(20)18-15-7-5-6-14(17)11-15/h5-7,11-13H,8-10,17H2,1-4H3,(H,18,20). The Labute approximate surface area is 122 Å². The van der Waals surface area contributed by atoms with E-state index in [-0.39, 0.29) is 5.91 Å². The smallest absolute Gasteiger partial charge is 0.225 e. The van der Waals surface area contributed by atoms with E-state index in [1.807, 2.05) is 12.1 Å². The molecule has 1 aromatic rings. The van der Waals surface area contributed by atoms with Crippen LogP contribution in [0.4, 0.5) is 11.4 Å². The number of benzene rings is 1. The number of hydrogen-bond donors (Lipinski definition) is 2. The lowest BCUT2D eigenvalue weighted by Crippen LogP contribution is -2.33. The summed E-state index contributed by atoms with van der Waals surface area (Å²) in [6.45, 7) is 7.41. The van der Waals surface area contributed by atoms with Crippen molar-refractivity contribution in [3.8, 4) is 0 Å². The number of nitrogens with one attached hydrogen (secondary N) is 1. The van der Waals surface area contributed by atoms with E-state index in [0.29, 0.717) is 24.1 Å². The number of anilines is 2. The zero-order valence-electron chi connectivity index (χ0n) is 13.0. The lowest BCUT2D eigenvalue weighted by Gasteiger charge is -2.25. The molecule has 0 spiro atoms. The first-order chi connectivity index (χ1) is 9.38. The van der Waals surface area contributed by atoms with Crippen molar-refractivity contribution < 1.29 is 4.79 Å². The minimum Gasteiger partial charge on any atom is -0.399 e. The number of hydrogen-bond acceptors (Lipinski definition) is 3. The minimum absolute atomic E-state index is 0.0270. The fourth-order valence-electron chi connectivity index (χ4n) is 2.20. The molecule has 0 saturated heterocycles. The van der Waals surface area contributed by atoms with Gasteiger partial charge in [-0.1, -0.05) is 19.9 Å². The highest BCUT2D eigenvalue weighted by Crippen LogP contribution is 2.13. The molecule has 3 N–H and O–H groups in total. The molecule has 112 valence electrons. The van der Waals surface area contributed by atoms with Crippen molar-refractivity contribution in [3.63, 3.8) is 0 Å². The average molecular weight is 277 g/mol. The molecule has 1 unspecified atom stereocenters. The average Bonchev–Trinajstić information content (AvgIpc) is 2.35.